The molecule has 1 rings (SSSR count). The number of carbonyl (C=O) groups is 1. The summed E-state index contributed by atoms with van der Waals surface area (Å²) in [4.78, 5) is 12.4. The van der Waals surface area contributed by atoms with E-state index in [1.54, 1.807) is 0 Å². The number of nitrogens with zero attached hydrogens (tertiary/aromatic N) is 1. The monoisotopic (exact) mass is 175 g/mol. The smallest absolute Gasteiger partial charge is 0.143 e. The molecule has 1 heterocycles. The zero-order valence-corrected chi connectivity index (χ0v) is 8.14. The Hall–Kier alpha value is -0.440. The van der Waals surface area contributed by atoms with Crippen LogP contribution in [0.15, 0.2) is 0 Å². The van der Waals surface area contributed by atoms with Crippen molar-refractivity contribution in [2.24, 2.45) is 0 Å². The fraction of sp³-hybridized carbons (Fsp3) is 0.889. The van der Waals surface area contributed by atoms with Gasteiger partial charge in [0.25, 0.3) is 0 Å². The van der Waals surface area contributed by atoms with Crippen LogP contribution in [0.5, 0.6) is 0 Å². The van der Waals surface area contributed by atoms with E-state index in [-0.39, 0.29) is 5.78 Å². The minimum atomic E-state index is -0.709. The zero-order valence-electron chi connectivity index (χ0n) is 8.14. The van der Waals surface area contributed by atoms with Gasteiger partial charge in [-0.05, 0) is 13.3 Å². The minimum absolute atomic E-state index is 0.120. The van der Waals surface area contributed by atoms with Crippen LogP contribution in [-0.4, -0.2) is 36.5 Å². The van der Waals surface area contributed by atoms with Gasteiger partial charge in [-0.1, -0.05) is 13.8 Å². The topological polar surface area (TPSA) is 20.3 Å². The Morgan fingerprint density at radius 2 is 2.17 bits per heavy atom. The number of Topliss-reactive ketones (excluding diaryl/α,β-unsaturated/α-hetero) is 1. The van der Waals surface area contributed by atoms with Gasteiger partial charge < -0.3 is 0 Å². The van der Waals surface area contributed by atoms with Crippen molar-refractivity contribution in [3.8, 4) is 0 Å². The highest BCUT2D eigenvalue weighted by Crippen LogP contribution is 2.10. The molecule has 0 radical (unpaired) electrons. The Kier molecular flexibility index (Phi) is 5.89. The molecule has 0 aromatic rings. The highest BCUT2D eigenvalue weighted by atomic mass is 19.1. The van der Waals surface area contributed by atoms with Gasteiger partial charge in [-0.25, -0.2) is 4.39 Å². The van der Waals surface area contributed by atoms with Gasteiger partial charge >= 0.3 is 0 Å². The quantitative estimate of drug-likeness (QED) is 0.636. The first-order chi connectivity index (χ1) is 5.68. The molecule has 3 heteroatoms. The highest BCUT2D eigenvalue weighted by molar-refractivity contribution is 5.77. The lowest BCUT2D eigenvalue weighted by molar-refractivity contribution is -0.117. The van der Waals surface area contributed by atoms with Gasteiger partial charge in [-0.3, -0.25) is 9.69 Å². The van der Waals surface area contributed by atoms with E-state index in [9.17, 15) is 9.18 Å². The zero-order chi connectivity index (χ0) is 9.56. The first-order valence-electron chi connectivity index (χ1n) is 4.54. The van der Waals surface area contributed by atoms with Gasteiger partial charge in [0.05, 0.1) is 6.54 Å². The maximum Gasteiger partial charge on any atom is 0.143 e. The lowest BCUT2D eigenvalue weighted by Gasteiger charge is -2.10. The van der Waals surface area contributed by atoms with Gasteiger partial charge in [-0.15, -0.1) is 0 Å². The number of rotatable bonds is 2. The second-order valence-corrected chi connectivity index (χ2v) is 2.82. The summed E-state index contributed by atoms with van der Waals surface area (Å²) in [7, 11) is 0. The SMILES string of the molecule is CC.CC(=O)CN1CCC(F)C1. The van der Waals surface area contributed by atoms with Gasteiger partial charge in [0.1, 0.15) is 12.0 Å². The maximum absolute atomic E-state index is 12.5. The van der Waals surface area contributed by atoms with E-state index in [1.165, 1.54) is 6.92 Å². The lowest BCUT2D eigenvalue weighted by Crippen LogP contribution is -2.26. The Morgan fingerprint density at radius 1 is 1.58 bits per heavy atom. The summed E-state index contributed by atoms with van der Waals surface area (Å²) in [6.07, 6.45) is -0.118. The fourth-order valence-electron chi connectivity index (χ4n) is 1.24. The molecular weight excluding hydrogens is 157 g/mol. The second-order valence-electron chi connectivity index (χ2n) is 2.82. The van der Waals surface area contributed by atoms with Crippen LogP contribution >= 0.6 is 0 Å². The van der Waals surface area contributed by atoms with Crippen LogP contribution in [-0.2, 0) is 4.79 Å². The summed E-state index contributed by atoms with van der Waals surface area (Å²) in [5.74, 6) is 0.120. The van der Waals surface area contributed by atoms with Gasteiger partial charge in [0.15, 0.2) is 0 Å². The summed E-state index contributed by atoms with van der Waals surface area (Å²) in [6.45, 7) is 7.13. The molecule has 1 unspecified atom stereocenters. The molecule has 1 atom stereocenters. The molecule has 72 valence electrons. The van der Waals surface area contributed by atoms with E-state index in [4.69, 9.17) is 0 Å². The van der Waals surface area contributed by atoms with E-state index in [0.29, 0.717) is 19.5 Å². The fourth-order valence-corrected chi connectivity index (χ4v) is 1.24. The third kappa shape index (κ3) is 4.44. The normalized spacial score (nSPS) is 23.2. The number of hydrogen-bond donors (Lipinski definition) is 0. The molecule has 12 heavy (non-hydrogen) atoms. The van der Waals surface area contributed by atoms with Crippen LogP contribution in [0.4, 0.5) is 4.39 Å². The molecule has 0 aliphatic carbocycles. The Morgan fingerprint density at radius 3 is 2.50 bits per heavy atom. The first-order valence-corrected chi connectivity index (χ1v) is 4.54. The molecular formula is C9H18FNO. The second kappa shape index (κ2) is 6.12. The predicted octanol–water partition coefficient (Wildman–Crippen LogP) is 1.65. The van der Waals surface area contributed by atoms with Crippen molar-refractivity contribution in [2.45, 2.75) is 33.4 Å². The van der Waals surface area contributed by atoms with Crippen molar-refractivity contribution in [2.75, 3.05) is 19.6 Å². The largest absolute Gasteiger partial charge is 0.299 e. The standard InChI is InChI=1S/C7H12FNO.C2H6/c1-6(10)4-9-3-2-7(8)5-9;1-2/h7H,2-5H2,1H3;1-2H3. The van der Waals surface area contributed by atoms with Crippen molar-refractivity contribution >= 4 is 5.78 Å². The van der Waals surface area contributed by atoms with Crippen LogP contribution in [0.3, 0.4) is 0 Å². The number of alkyl halides is 1. The molecule has 0 N–H and O–H groups in total. The van der Waals surface area contributed by atoms with Crippen molar-refractivity contribution in [3.05, 3.63) is 0 Å². The number of carbonyl (C=O) groups excluding carboxylic acids is 1. The molecule has 0 spiro atoms. The third-order valence-corrected chi connectivity index (χ3v) is 1.66. The average Bonchev–Trinajstić information content (AvgIpc) is 2.39. The molecule has 1 saturated heterocycles. The summed E-state index contributed by atoms with van der Waals surface area (Å²) in [5, 5.41) is 0. The number of likely N-dealkylation sites (tertiary alicyclic amines) is 1. The molecule has 1 aliphatic rings. The molecule has 1 fully saturated rings. The van der Waals surface area contributed by atoms with E-state index in [0.717, 1.165) is 6.54 Å². The Bertz CT molecular complexity index is 138. The molecule has 0 aromatic carbocycles. The van der Waals surface area contributed by atoms with Crippen LogP contribution in [0.1, 0.15) is 27.2 Å². The maximum atomic E-state index is 12.5. The summed E-state index contributed by atoms with van der Waals surface area (Å²) >= 11 is 0. The number of halogens is 1. The summed E-state index contributed by atoms with van der Waals surface area (Å²) in [6, 6.07) is 0. The van der Waals surface area contributed by atoms with Gasteiger partial charge in [0, 0.05) is 13.1 Å². The van der Waals surface area contributed by atoms with Crippen LogP contribution < -0.4 is 0 Å². The van der Waals surface area contributed by atoms with E-state index in [2.05, 4.69) is 0 Å². The molecule has 0 aromatic heterocycles. The highest BCUT2D eigenvalue weighted by Gasteiger charge is 2.21. The molecule has 1 aliphatic heterocycles. The van der Waals surface area contributed by atoms with E-state index in [1.807, 2.05) is 18.7 Å². The Labute approximate surface area is 73.7 Å². The minimum Gasteiger partial charge on any atom is -0.299 e. The van der Waals surface area contributed by atoms with Crippen molar-refractivity contribution in [1.29, 1.82) is 0 Å². The van der Waals surface area contributed by atoms with Crippen molar-refractivity contribution < 1.29 is 9.18 Å². The van der Waals surface area contributed by atoms with E-state index < -0.39 is 6.17 Å². The Balaban J connectivity index is 0.000000561. The van der Waals surface area contributed by atoms with Crippen molar-refractivity contribution in [3.63, 3.8) is 0 Å². The number of hydrogen-bond acceptors (Lipinski definition) is 2. The molecule has 0 saturated carbocycles. The summed E-state index contributed by atoms with van der Waals surface area (Å²) < 4.78 is 12.5. The molecule has 2 nitrogen and oxygen atoms in total. The van der Waals surface area contributed by atoms with Crippen LogP contribution in [0.25, 0.3) is 0 Å². The molecule has 0 amide bonds. The molecule has 0 bridgehead atoms. The van der Waals surface area contributed by atoms with Crippen LogP contribution in [0, 0.1) is 0 Å². The number of ketones is 1. The van der Waals surface area contributed by atoms with Crippen LogP contribution in [0.2, 0.25) is 0 Å². The van der Waals surface area contributed by atoms with Crippen molar-refractivity contribution in [1.82, 2.24) is 4.90 Å². The van der Waals surface area contributed by atoms with Gasteiger partial charge in [0.2, 0.25) is 0 Å². The van der Waals surface area contributed by atoms with Gasteiger partial charge in [-0.2, -0.15) is 0 Å². The summed E-state index contributed by atoms with van der Waals surface area (Å²) in [5.41, 5.74) is 0. The predicted molar refractivity (Wildman–Crippen MR) is 48.0 cm³/mol. The first kappa shape index (κ1) is 11.6. The average molecular weight is 175 g/mol. The lowest BCUT2D eigenvalue weighted by atomic mass is 10.3. The third-order valence-electron chi connectivity index (χ3n) is 1.66. The van der Waals surface area contributed by atoms with E-state index >= 15 is 0 Å².